The Hall–Kier alpha value is -2.35. The molecule has 116 valence electrons. The molecule has 2 bridgehead atoms. The van der Waals surface area contributed by atoms with Crippen molar-refractivity contribution in [2.75, 3.05) is 0 Å². The molecule has 23 heavy (non-hydrogen) atoms. The number of ether oxygens (including phenoxy) is 1. The number of esters is 1. The summed E-state index contributed by atoms with van der Waals surface area (Å²) in [6.45, 7) is 0. The van der Waals surface area contributed by atoms with Gasteiger partial charge in [0.2, 0.25) is 0 Å². The molecule has 3 unspecified atom stereocenters. The van der Waals surface area contributed by atoms with Crippen LogP contribution in [0.25, 0.3) is 0 Å². The van der Waals surface area contributed by atoms with Gasteiger partial charge in [-0.3, -0.25) is 4.79 Å². The summed E-state index contributed by atoms with van der Waals surface area (Å²) < 4.78 is 5.78. The number of carbonyl (C=O) groups is 1. The van der Waals surface area contributed by atoms with E-state index in [9.17, 15) is 4.79 Å². The van der Waals surface area contributed by atoms with Crippen LogP contribution in [0.3, 0.4) is 0 Å². The monoisotopic (exact) mass is 304 g/mol. The van der Waals surface area contributed by atoms with Crippen LogP contribution in [0.2, 0.25) is 0 Å². The fourth-order valence-corrected chi connectivity index (χ4v) is 3.80. The molecule has 2 aliphatic rings. The molecule has 2 nitrogen and oxygen atoms in total. The van der Waals surface area contributed by atoms with E-state index in [0.29, 0.717) is 17.6 Å². The minimum atomic E-state index is -0.0673. The minimum absolute atomic E-state index is 0.0368. The zero-order valence-corrected chi connectivity index (χ0v) is 13.0. The molecule has 0 saturated heterocycles. The van der Waals surface area contributed by atoms with Crippen molar-refractivity contribution in [3.8, 4) is 5.75 Å². The summed E-state index contributed by atoms with van der Waals surface area (Å²) in [5.41, 5.74) is 2.28. The van der Waals surface area contributed by atoms with Gasteiger partial charge in [0.15, 0.2) is 0 Å². The van der Waals surface area contributed by atoms with Crippen LogP contribution in [-0.4, -0.2) is 5.97 Å². The van der Waals surface area contributed by atoms with Gasteiger partial charge in [0, 0.05) is 6.42 Å². The Kier molecular flexibility index (Phi) is 3.74. The van der Waals surface area contributed by atoms with Gasteiger partial charge in [-0.2, -0.15) is 0 Å². The minimum Gasteiger partial charge on any atom is -0.426 e. The number of fused-ring (bicyclic) bond motifs is 2. The topological polar surface area (TPSA) is 26.3 Å². The highest BCUT2D eigenvalue weighted by molar-refractivity contribution is 5.77. The van der Waals surface area contributed by atoms with Crippen LogP contribution in [0.1, 0.15) is 24.0 Å². The first-order valence-corrected chi connectivity index (χ1v) is 8.31. The van der Waals surface area contributed by atoms with Crippen molar-refractivity contribution in [3.05, 3.63) is 77.9 Å². The van der Waals surface area contributed by atoms with Gasteiger partial charge in [-0.1, -0.05) is 60.7 Å². The van der Waals surface area contributed by atoms with Crippen LogP contribution in [0.4, 0.5) is 0 Å². The number of hydrogen-bond donors (Lipinski definition) is 0. The smallest absolute Gasteiger partial charge is 0.314 e. The first-order valence-electron chi connectivity index (χ1n) is 8.31. The van der Waals surface area contributed by atoms with E-state index < -0.39 is 0 Å². The van der Waals surface area contributed by atoms with Gasteiger partial charge in [-0.15, -0.1) is 0 Å². The largest absolute Gasteiger partial charge is 0.426 e. The Labute approximate surface area is 136 Å². The number of carbonyl (C=O) groups excluding carboxylic acids is 1. The number of rotatable bonds is 4. The van der Waals surface area contributed by atoms with Gasteiger partial charge in [-0.25, -0.2) is 0 Å². The molecule has 2 aromatic rings. The van der Waals surface area contributed by atoms with Crippen molar-refractivity contribution in [1.29, 1.82) is 0 Å². The van der Waals surface area contributed by atoms with E-state index >= 15 is 0 Å². The number of allylic oxidation sites excluding steroid dienone is 2. The van der Waals surface area contributed by atoms with Crippen molar-refractivity contribution >= 4 is 5.97 Å². The van der Waals surface area contributed by atoms with Gasteiger partial charge in [0.05, 0.1) is 5.92 Å². The number of benzene rings is 2. The number of hydrogen-bond acceptors (Lipinski definition) is 2. The molecule has 0 amide bonds. The second kappa shape index (κ2) is 6.04. The molecule has 0 aliphatic heterocycles. The molecule has 2 aliphatic carbocycles. The molecule has 3 atom stereocenters. The average molecular weight is 304 g/mol. The van der Waals surface area contributed by atoms with Gasteiger partial charge in [0.25, 0.3) is 0 Å². The van der Waals surface area contributed by atoms with Gasteiger partial charge < -0.3 is 4.74 Å². The highest BCUT2D eigenvalue weighted by Gasteiger charge is 2.41. The quantitative estimate of drug-likeness (QED) is 0.475. The third-order valence-electron chi connectivity index (χ3n) is 5.00. The van der Waals surface area contributed by atoms with E-state index in [4.69, 9.17) is 4.74 Å². The molecular weight excluding hydrogens is 284 g/mol. The summed E-state index contributed by atoms with van der Waals surface area (Å²) in [5.74, 6) is 1.64. The number of para-hydroxylation sites is 1. The third kappa shape index (κ3) is 2.94. The van der Waals surface area contributed by atoms with E-state index in [1.807, 2.05) is 42.5 Å². The SMILES string of the molecule is O=C(Oc1ccccc1Cc1ccccc1)C1CC2C=CC1C2. The van der Waals surface area contributed by atoms with Gasteiger partial charge in [0.1, 0.15) is 5.75 Å². The fraction of sp³-hybridized carbons (Fsp3) is 0.286. The van der Waals surface area contributed by atoms with Crippen molar-refractivity contribution in [1.82, 2.24) is 0 Å². The molecular formula is C21H20O2. The molecule has 1 fully saturated rings. The van der Waals surface area contributed by atoms with Crippen molar-refractivity contribution in [3.63, 3.8) is 0 Å². The van der Waals surface area contributed by atoms with Crippen LogP contribution in [-0.2, 0) is 11.2 Å². The maximum absolute atomic E-state index is 12.6. The zero-order chi connectivity index (χ0) is 15.6. The predicted molar refractivity (Wildman–Crippen MR) is 90.2 cm³/mol. The second-order valence-corrected chi connectivity index (χ2v) is 6.58. The van der Waals surface area contributed by atoms with Crippen LogP contribution < -0.4 is 4.74 Å². The highest BCUT2D eigenvalue weighted by Crippen LogP contribution is 2.44. The molecule has 2 heteroatoms. The van der Waals surface area contributed by atoms with Crippen molar-refractivity contribution in [2.45, 2.75) is 19.3 Å². The first kappa shape index (κ1) is 14.3. The molecule has 4 rings (SSSR count). The maximum Gasteiger partial charge on any atom is 0.314 e. The average Bonchev–Trinajstić information content (AvgIpc) is 3.21. The molecule has 0 radical (unpaired) electrons. The zero-order valence-electron chi connectivity index (χ0n) is 13.0. The lowest BCUT2D eigenvalue weighted by Gasteiger charge is -2.18. The Morgan fingerprint density at radius 1 is 0.957 bits per heavy atom. The van der Waals surface area contributed by atoms with Crippen LogP contribution in [0.5, 0.6) is 5.75 Å². The van der Waals surface area contributed by atoms with Crippen LogP contribution in [0, 0.1) is 17.8 Å². The van der Waals surface area contributed by atoms with E-state index in [-0.39, 0.29) is 11.9 Å². The lowest BCUT2D eigenvalue weighted by molar-refractivity contribution is -0.139. The normalized spacial score (nSPS) is 24.8. The molecule has 0 N–H and O–H groups in total. The lowest BCUT2D eigenvalue weighted by Crippen LogP contribution is -2.24. The third-order valence-corrected chi connectivity index (χ3v) is 5.00. The predicted octanol–water partition coefficient (Wildman–Crippen LogP) is 4.40. The fourth-order valence-electron chi connectivity index (χ4n) is 3.80. The van der Waals surface area contributed by atoms with E-state index in [1.165, 1.54) is 5.56 Å². The Morgan fingerprint density at radius 3 is 2.48 bits per heavy atom. The van der Waals surface area contributed by atoms with Gasteiger partial charge in [-0.05, 0) is 41.9 Å². The van der Waals surface area contributed by atoms with Crippen molar-refractivity contribution in [2.24, 2.45) is 17.8 Å². The molecule has 0 heterocycles. The Bertz CT molecular complexity index is 733. The summed E-state index contributed by atoms with van der Waals surface area (Å²) in [6.07, 6.45) is 7.28. The first-order chi connectivity index (χ1) is 11.3. The molecule has 1 saturated carbocycles. The van der Waals surface area contributed by atoms with E-state index in [2.05, 4.69) is 24.3 Å². The molecule has 0 aromatic heterocycles. The summed E-state index contributed by atoms with van der Waals surface area (Å²) in [6, 6.07) is 18.1. The Balaban J connectivity index is 1.51. The van der Waals surface area contributed by atoms with Crippen LogP contribution in [0.15, 0.2) is 66.7 Å². The van der Waals surface area contributed by atoms with Crippen molar-refractivity contribution < 1.29 is 9.53 Å². The van der Waals surface area contributed by atoms with Crippen LogP contribution >= 0.6 is 0 Å². The molecule has 2 aromatic carbocycles. The lowest BCUT2D eigenvalue weighted by atomic mass is 9.94. The second-order valence-electron chi connectivity index (χ2n) is 6.58. The van der Waals surface area contributed by atoms with Gasteiger partial charge >= 0.3 is 5.97 Å². The maximum atomic E-state index is 12.6. The summed E-state index contributed by atoms with van der Waals surface area (Å²) >= 11 is 0. The van der Waals surface area contributed by atoms with E-state index in [1.54, 1.807) is 0 Å². The Morgan fingerprint density at radius 2 is 1.74 bits per heavy atom. The summed E-state index contributed by atoms with van der Waals surface area (Å²) in [4.78, 5) is 12.6. The summed E-state index contributed by atoms with van der Waals surface area (Å²) in [7, 11) is 0. The highest BCUT2D eigenvalue weighted by atomic mass is 16.5. The van der Waals surface area contributed by atoms with E-state index in [0.717, 1.165) is 24.8 Å². The summed E-state index contributed by atoms with van der Waals surface area (Å²) in [5, 5.41) is 0. The standard InChI is InChI=1S/C21H20O2/c22-21(19-14-16-10-11-17(19)13-16)23-20-9-5-4-8-18(20)12-15-6-2-1-3-7-15/h1-11,16-17,19H,12-14H2. The molecule has 0 spiro atoms.